The molecule has 0 aliphatic carbocycles. The summed E-state index contributed by atoms with van der Waals surface area (Å²) in [6.07, 6.45) is 1.00. The Morgan fingerprint density at radius 1 is 1.07 bits per heavy atom. The SMILES string of the molecule is CCC(C)NC(=O)CCNC(=O)c1ccc(S(=O)(=O)Nc2ccccc2OC)cc1. The predicted molar refractivity (Wildman–Crippen MR) is 115 cm³/mol. The van der Waals surface area contributed by atoms with E-state index in [1.165, 1.54) is 31.4 Å². The van der Waals surface area contributed by atoms with Crippen molar-refractivity contribution in [1.82, 2.24) is 10.6 Å². The molecule has 0 bridgehead atoms. The first-order chi connectivity index (χ1) is 14.3. The number of benzene rings is 2. The Balaban J connectivity index is 1.96. The van der Waals surface area contributed by atoms with E-state index in [1.807, 2.05) is 13.8 Å². The first kappa shape index (κ1) is 23.2. The zero-order valence-corrected chi connectivity index (χ0v) is 18.1. The van der Waals surface area contributed by atoms with Crippen molar-refractivity contribution < 1.29 is 22.7 Å². The molecule has 9 heteroatoms. The molecular weight excluding hydrogens is 406 g/mol. The highest BCUT2D eigenvalue weighted by atomic mass is 32.2. The van der Waals surface area contributed by atoms with Gasteiger partial charge < -0.3 is 15.4 Å². The average Bonchev–Trinajstić information content (AvgIpc) is 2.73. The fourth-order valence-corrected chi connectivity index (χ4v) is 3.63. The van der Waals surface area contributed by atoms with Crippen molar-refractivity contribution in [2.45, 2.75) is 37.6 Å². The molecule has 1 atom stereocenters. The summed E-state index contributed by atoms with van der Waals surface area (Å²) in [6, 6.07) is 12.3. The van der Waals surface area contributed by atoms with Gasteiger partial charge in [0.15, 0.2) is 0 Å². The lowest BCUT2D eigenvalue weighted by Crippen LogP contribution is -2.35. The summed E-state index contributed by atoms with van der Waals surface area (Å²) in [5, 5.41) is 5.48. The van der Waals surface area contributed by atoms with Crippen LogP contribution in [0.15, 0.2) is 53.4 Å². The van der Waals surface area contributed by atoms with Crippen molar-refractivity contribution in [3.8, 4) is 5.75 Å². The molecule has 3 N–H and O–H groups in total. The zero-order chi connectivity index (χ0) is 22.1. The fourth-order valence-electron chi connectivity index (χ4n) is 2.56. The first-order valence-corrected chi connectivity index (χ1v) is 11.1. The van der Waals surface area contributed by atoms with Crippen LogP contribution >= 0.6 is 0 Å². The maximum Gasteiger partial charge on any atom is 0.262 e. The van der Waals surface area contributed by atoms with Gasteiger partial charge in [0.25, 0.3) is 15.9 Å². The maximum absolute atomic E-state index is 12.6. The number of methoxy groups -OCH3 is 1. The van der Waals surface area contributed by atoms with Gasteiger partial charge in [0.05, 0.1) is 17.7 Å². The fraction of sp³-hybridized carbons (Fsp3) is 0.333. The van der Waals surface area contributed by atoms with Gasteiger partial charge in [-0.3, -0.25) is 14.3 Å². The van der Waals surface area contributed by atoms with Crippen LogP contribution in [0.1, 0.15) is 37.0 Å². The molecule has 0 saturated heterocycles. The highest BCUT2D eigenvalue weighted by Crippen LogP contribution is 2.26. The highest BCUT2D eigenvalue weighted by Gasteiger charge is 2.17. The summed E-state index contributed by atoms with van der Waals surface area (Å²) in [5.74, 6) is -0.115. The van der Waals surface area contributed by atoms with Crippen molar-refractivity contribution >= 4 is 27.5 Å². The summed E-state index contributed by atoms with van der Waals surface area (Å²) < 4.78 is 32.8. The van der Waals surface area contributed by atoms with E-state index in [9.17, 15) is 18.0 Å². The molecular formula is C21H27N3O5S. The largest absolute Gasteiger partial charge is 0.495 e. The van der Waals surface area contributed by atoms with Crippen LogP contribution in [-0.4, -0.2) is 39.9 Å². The lowest BCUT2D eigenvalue weighted by Gasteiger charge is -2.12. The van der Waals surface area contributed by atoms with Gasteiger partial charge in [-0.2, -0.15) is 0 Å². The first-order valence-electron chi connectivity index (χ1n) is 9.60. The Bertz CT molecular complexity index is 974. The minimum Gasteiger partial charge on any atom is -0.495 e. The number of nitrogens with one attached hydrogen (secondary N) is 3. The van der Waals surface area contributed by atoms with E-state index < -0.39 is 10.0 Å². The quantitative estimate of drug-likeness (QED) is 0.533. The summed E-state index contributed by atoms with van der Waals surface area (Å²) >= 11 is 0. The van der Waals surface area contributed by atoms with Crippen LogP contribution in [-0.2, 0) is 14.8 Å². The maximum atomic E-state index is 12.6. The van der Waals surface area contributed by atoms with E-state index in [2.05, 4.69) is 15.4 Å². The van der Waals surface area contributed by atoms with Gasteiger partial charge in [-0.25, -0.2) is 8.42 Å². The molecule has 0 radical (unpaired) electrons. The predicted octanol–water partition coefficient (Wildman–Crippen LogP) is 2.53. The Morgan fingerprint density at radius 2 is 1.73 bits per heavy atom. The van der Waals surface area contributed by atoms with Crippen molar-refractivity contribution in [3.63, 3.8) is 0 Å². The Hall–Kier alpha value is -3.07. The molecule has 30 heavy (non-hydrogen) atoms. The number of ether oxygens (including phenoxy) is 1. The van der Waals surface area contributed by atoms with Gasteiger partial charge in [-0.05, 0) is 49.7 Å². The molecule has 0 aliphatic heterocycles. The third-order valence-electron chi connectivity index (χ3n) is 4.44. The molecule has 2 aromatic rings. The number of hydrogen-bond donors (Lipinski definition) is 3. The second-order valence-electron chi connectivity index (χ2n) is 6.71. The monoisotopic (exact) mass is 433 g/mol. The third kappa shape index (κ3) is 6.48. The van der Waals surface area contributed by atoms with Crippen LogP contribution in [0, 0.1) is 0 Å². The van der Waals surface area contributed by atoms with Gasteiger partial charge in [-0.15, -0.1) is 0 Å². The molecule has 2 amide bonds. The Kier molecular flexibility index (Phi) is 8.23. The topological polar surface area (TPSA) is 114 Å². The van der Waals surface area contributed by atoms with E-state index >= 15 is 0 Å². The second-order valence-corrected chi connectivity index (χ2v) is 8.40. The van der Waals surface area contributed by atoms with Crippen LogP contribution in [0.25, 0.3) is 0 Å². The molecule has 0 fully saturated rings. The van der Waals surface area contributed by atoms with Crippen LogP contribution in [0.3, 0.4) is 0 Å². The van der Waals surface area contributed by atoms with Gasteiger partial charge in [-0.1, -0.05) is 19.1 Å². The minimum absolute atomic E-state index is 0.0119. The number of para-hydroxylation sites is 2. The summed E-state index contributed by atoms with van der Waals surface area (Å²) in [5.41, 5.74) is 0.617. The van der Waals surface area contributed by atoms with Gasteiger partial charge in [0.1, 0.15) is 5.75 Å². The summed E-state index contributed by atoms with van der Waals surface area (Å²) in [4.78, 5) is 24.0. The van der Waals surface area contributed by atoms with E-state index in [4.69, 9.17) is 4.74 Å². The number of carbonyl (C=O) groups excluding carboxylic acids is 2. The molecule has 0 spiro atoms. The van der Waals surface area contributed by atoms with Crippen molar-refractivity contribution in [2.24, 2.45) is 0 Å². The molecule has 8 nitrogen and oxygen atoms in total. The van der Waals surface area contributed by atoms with E-state index in [0.29, 0.717) is 17.0 Å². The number of amides is 2. The van der Waals surface area contributed by atoms with E-state index in [0.717, 1.165) is 6.42 Å². The summed E-state index contributed by atoms with van der Waals surface area (Å²) in [7, 11) is -2.39. The van der Waals surface area contributed by atoms with Crippen LogP contribution in [0.5, 0.6) is 5.75 Å². The number of rotatable bonds is 10. The molecule has 2 aromatic carbocycles. The highest BCUT2D eigenvalue weighted by molar-refractivity contribution is 7.92. The molecule has 0 heterocycles. The van der Waals surface area contributed by atoms with Gasteiger partial charge in [0.2, 0.25) is 5.91 Å². The normalized spacial score (nSPS) is 12.0. The van der Waals surface area contributed by atoms with Crippen molar-refractivity contribution in [1.29, 1.82) is 0 Å². The van der Waals surface area contributed by atoms with E-state index in [1.54, 1.807) is 24.3 Å². The molecule has 0 aliphatic rings. The minimum atomic E-state index is -3.85. The molecule has 2 rings (SSSR count). The van der Waals surface area contributed by atoms with E-state index in [-0.39, 0.29) is 35.7 Å². The standard InChI is InChI=1S/C21H27N3O5S/c1-4-15(2)23-20(25)13-14-22-21(26)16-9-11-17(12-10-16)30(27,28)24-18-7-5-6-8-19(18)29-3/h5-12,15,24H,4,13-14H2,1-3H3,(H,22,26)(H,23,25). The molecule has 0 saturated carbocycles. The number of sulfonamides is 1. The van der Waals surface area contributed by atoms with Crippen molar-refractivity contribution in [2.75, 3.05) is 18.4 Å². The Morgan fingerprint density at radius 3 is 2.37 bits per heavy atom. The van der Waals surface area contributed by atoms with Crippen LogP contribution in [0.4, 0.5) is 5.69 Å². The number of anilines is 1. The van der Waals surface area contributed by atoms with Gasteiger partial charge >= 0.3 is 0 Å². The average molecular weight is 434 g/mol. The van der Waals surface area contributed by atoms with Gasteiger partial charge in [0, 0.05) is 24.6 Å². The lowest BCUT2D eigenvalue weighted by atomic mass is 10.2. The van der Waals surface area contributed by atoms with Crippen LogP contribution in [0.2, 0.25) is 0 Å². The third-order valence-corrected chi connectivity index (χ3v) is 5.82. The molecule has 162 valence electrons. The molecule has 0 aromatic heterocycles. The lowest BCUT2D eigenvalue weighted by molar-refractivity contribution is -0.121. The summed E-state index contributed by atoms with van der Waals surface area (Å²) in [6.45, 7) is 4.08. The van der Waals surface area contributed by atoms with Crippen molar-refractivity contribution in [3.05, 3.63) is 54.1 Å². The Labute approximate surface area is 177 Å². The van der Waals surface area contributed by atoms with Crippen LogP contribution < -0.4 is 20.1 Å². The number of hydrogen-bond acceptors (Lipinski definition) is 5. The smallest absolute Gasteiger partial charge is 0.262 e. The second kappa shape index (κ2) is 10.6. The zero-order valence-electron chi connectivity index (χ0n) is 17.3. The number of carbonyl (C=O) groups is 2. The molecule has 1 unspecified atom stereocenters.